The molecule has 0 spiro atoms. The molecule has 0 aliphatic rings. The van der Waals surface area contributed by atoms with E-state index in [4.69, 9.17) is 16.3 Å². The third-order valence-electron chi connectivity index (χ3n) is 3.02. The molecular formula is C13H20ClN3OSi. The summed E-state index contributed by atoms with van der Waals surface area (Å²) in [6.07, 6.45) is 3.50. The van der Waals surface area contributed by atoms with E-state index in [1.54, 1.807) is 0 Å². The molecule has 0 N–H and O–H groups in total. The summed E-state index contributed by atoms with van der Waals surface area (Å²) in [7, 11) is -1.03. The maximum absolute atomic E-state index is 6.10. The predicted octanol–water partition coefficient (Wildman–Crippen LogP) is 3.71. The lowest BCUT2D eigenvalue weighted by Gasteiger charge is -2.15. The number of hydrogen-bond acceptors (Lipinski definition) is 3. The van der Waals surface area contributed by atoms with Crippen molar-refractivity contribution in [2.45, 2.75) is 39.3 Å². The van der Waals surface area contributed by atoms with E-state index in [-0.39, 0.29) is 0 Å². The zero-order chi connectivity index (χ0) is 14.0. The van der Waals surface area contributed by atoms with Crippen LogP contribution in [0.15, 0.2) is 12.5 Å². The van der Waals surface area contributed by atoms with Crippen molar-refractivity contribution in [3.05, 3.63) is 23.2 Å². The molecule has 0 aromatic carbocycles. The Morgan fingerprint density at radius 2 is 2.05 bits per heavy atom. The van der Waals surface area contributed by atoms with Gasteiger partial charge in [0.2, 0.25) is 0 Å². The van der Waals surface area contributed by atoms with Crippen LogP contribution >= 0.6 is 11.6 Å². The molecule has 0 saturated heterocycles. The smallest absolute Gasteiger partial charge is 0.147 e. The summed E-state index contributed by atoms with van der Waals surface area (Å²) in [5, 5.41) is 1.42. The first-order valence-electron chi connectivity index (χ1n) is 6.42. The second-order valence-electron chi connectivity index (χ2n) is 5.99. The van der Waals surface area contributed by atoms with Gasteiger partial charge in [0, 0.05) is 20.9 Å². The van der Waals surface area contributed by atoms with Crippen LogP contribution in [0.1, 0.15) is 5.56 Å². The molecule has 0 saturated carbocycles. The number of hydrogen-bond donors (Lipinski definition) is 0. The van der Waals surface area contributed by atoms with E-state index >= 15 is 0 Å². The molecule has 2 heterocycles. The van der Waals surface area contributed by atoms with Crippen molar-refractivity contribution in [1.29, 1.82) is 0 Å². The first kappa shape index (κ1) is 14.5. The molecule has 0 amide bonds. The Bertz CT molecular complexity index is 577. The largest absolute Gasteiger partial charge is 0.361 e. The molecule has 2 rings (SSSR count). The van der Waals surface area contributed by atoms with Crippen molar-refractivity contribution in [1.82, 2.24) is 14.5 Å². The van der Waals surface area contributed by atoms with Gasteiger partial charge in [0.1, 0.15) is 23.9 Å². The van der Waals surface area contributed by atoms with Crippen molar-refractivity contribution >= 4 is 30.7 Å². The summed E-state index contributed by atoms with van der Waals surface area (Å²) < 4.78 is 7.74. The minimum Gasteiger partial charge on any atom is -0.361 e. The molecule has 0 unspecified atom stereocenters. The van der Waals surface area contributed by atoms with Gasteiger partial charge in [0.05, 0.1) is 5.39 Å². The quantitative estimate of drug-likeness (QED) is 0.480. The van der Waals surface area contributed by atoms with E-state index in [0.29, 0.717) is 11.9 Å². The summed E-state index contributed by atoms with van der Waals surface area (Å²) in [4.78, 5) is 8.30. The van der Waals surface area contributed by atoms with Crippen LogP contribution in [0.5, 0.6) is 0 Å². The first-order chi connectivity index (χ1) is 8.88. The normalized spacial score (nSPS) is 12.3. The highest BCUT2D eigenvalue weighted by Crippen LogP contribution is 2.24. The van der Waals surface area contributed by atoms with Gasteiger partial charge >= 0.3 is 0 Å². The molecule has 4 nitrogen and oxygen atoms in total. The molecule has 0 atom stereocenters. The molecule has 104 valence electrons. The standard InChI is InChI=1S/C13H20ClN3OSi/c1-10-7-17(9-18-5-6-19(2,3)4)13-11(10)12(14)15-8-16-13/h7-8H,5-6,9H2,1-4H3. The van der Waals surface area contributed by atoms with Gasteiger partial charge in [-0.15, -0.1) is 0 Å². The maximum atomic E-state index is 6.10. The number of ether oxygens (including phenoxy) is 1. The highest BCUT2D eigenvalue weighted by atomic mass is 35.5. The topological polar surface area (TPSA) is 39.9 Å². The van der Waals surface area contributed by atoms with Gasteiger partial charge in [0.15, 0.2) is 0 Å². The predicted molar refractivity (Wildman–Crippen MR) is 81.4 cm³/mol. The monoisotopic (exact) mass is 297 g/mol. The number of aromatic nitrogens is 3. The Morgan fingerprint density at radius 1 is 1.32 bits per heavy atom. The van der Waals surface area contributed by atoms with Crippen LogP contribution in [0.3, 0.4) is 0 Å². The highest BCUT2D eigenvalue weighted by Gasteiger charge is 2.13. The lowest BCUT2D eigenvalue weighted by atomic mass is 10.3. The molecule has 2 aromatic rings. The van der Waals surface area contributed by atoms with Crippen LogP contribution < -0.4 is 0 Å². The minimum atomic E-state index is -1.03. The van der Waals surface area contributed by atoms with Crippen molar-refractivity contribution in [3.63, 3.8) is 0 Å². The number of nitrogens with zero attached hydrogens (tertiary/aromatic N) is 3. The number of halogens is 1. The van der Waals surface area contributed by atoms with E-state index in [2.05, 4.69) is 29.6 Å². The molecule has 0 fully saturated rings. The summed E-state index contributed by atoms with van der Waals surface area (Å²) in [6.45, 7) is 10.4. The van der Waals surface area contributed by atoms with Gasteiger partial charge in [-0.05, 0) is 18.5 Å². The highest BCUT2D eigenvalue weighted by molar-refractivity contribution is 6.76. The van der Waals surface area contributed by atoms with Crippen LogP contribution in [0.2, 0.25) is 30.8 Å². The van der Waals surface area contributed by atoms with E-state index in [1.807, 2.05) is 17.7 Å². The zero-order valence-electron chi connectivity index (χ0n) is 11.9. The second kappa shape index (κ2) is 5.61. The fourth-order valence-electron chi connectivity index (χ4n) is 1.91. The van der Waals surface area contributed by atoms with Gasteiger partial charge < -0.3 is 9.30 Å². The van der Waals surface area contributed by atoms with Gasteiger partial charge in [-0.25, -0.2) is 9.97 Å². The van der Waals surface area contributed by atoms with Crippen molar-refractivity contribution in [2.24, 2.45) is 0 Å². The summed E-state index contributed by atoms with van der Waals surface area (Å²) in [5.41, 5.74) is 1.92. The van der Waals surface area contributed by atoms with Gasteiger partial charge in [-0.3, -0.25) is 0 Å². The summed E-state index contributed by atoms with van der Waals surface area (Å²) >= 11 is 6.10. The zero-order valence-corrected chi connectivity index (χ0v) is 13.7. The molecule has 0 aliphatic carbocycles. The van der Waals surface area contributed by atoms with Gasteiger partial charge in [-0.1, -0.05) is 31.2 Å². The van der Waals surface area contributed by atoms with Crippen LogP contribution in [-0.2, 0) is 11.5 Å². The Balaban J connectivity index is 2.08. The van der Waals surface area contributed by atoms with Crippen LogP contribution in [-0.4, -0.2) is 29.2 Å². The maximum Gasteiger partial charge on any atom is 0.147 e. The van der Waals surface area contributed by atoms with E-state index in [0.717, 1.165) is 23.2 Å². The van der Waals surface area contributed by atoms with Crippen LogP contribution in [0, 0.1) is 6.92 Å². The fraction of sp³-hybridized carbons (Fsp3) is 0.538. The first-order valence-corrected chi connectivity index (χ1v) is 10.5. The van der Waals surface area contributed by atoms with Crippen molar-refractivity contribution < 1.29 is 4.74 Å². The van der Waals surface area contributed by atoms with Crippen molar-refractivity contribution in [3.8, 4) is 0 Å². The van der Waals surface area contributed by atoms with Crippen molar-refractivity contribution in [2.75, 3.05) is 6.61 Å². The second-order valence-corrected chi connectivity index (χ2v) is 12.0. The number of rotatable bonds is 5. The average Bonchev–Trinajstić information content (AvgIpc) is 2.62. The fourth-order valence-corrected chi connectivity index (χ4v) is 2.95. The number of aryl methyl sites for hydroxylation is 1. The molecule has 0 radical (unpaired) electrons. The minimum absolute atomic E-state index is 0.503. The van der Waals surface area contributed by atoms with Crippen LogP contribution in [0.4, 0.5) is 0 Å². The van der Waals surface area contributed by atoms with E-state index in [1.165, 1.54) is 12.4 Å². The molecular weight excluding hydrogens is 278 g/mol. The SMILES string of the molecule is Cc1cn(COCC[Si](C)(C)C)c2ncnc(Cl)c12. The van der Waals surface area contributed by atoms with Gasteiger partial charge in [0.25, 0.3) is 0 Å². The summed E-state index contributed by atoms with van der Waals surface area (Å²) in [6, 6.07) is 1.17. The molecule has 0 bridgehead atoms. The third-order valence-corrected chi connectivity index (χ3v) is 5.01. The van der Waals surface area contributed by atoms with Crippen LogP contribution in [0.25, 0.3) is 11.0 Å². The Kier molecular flexibility index (Phi) is 4.28. The molecule has 6 heteroatoms. The summed E-state index contributed by atoms with van der Waals surface area (Å²) in [5.74, 6) is 0. The average molecular weight is 298 g/mol. The van der Waals surface area contributed by atoms with E-state index in [9.17, 15) is 0 Å². The van der Waals surface area contributed by atoms with E-state index < -0.39 is 8.07 Å². The Hall–Kier alpha value is -0.913. The Morgan fingerprint density at radius 3 is 2.74 bits per heavy atom. The molecule has 19 heavy (non-hydrogen) atoms. The number of fused-ring (bicyclic) bond motifs is 1. The molecule has 2 aromatic heterocycles. The molecule has 0 aliphatic heterocycles. The lowest BCUT2D eigenvalue weighted by molar-refractivity contribution is 0.0898. The van der Waals surface area contributed by atoms with Gasteiger partial charge in [-0.2, -0.15) is 0 Å². The lowest BCUT2D eigenvalue weighted by Crippen LogP contribution is -2.22. The third kappa shape index (κ3) is 3.55. The Labute approximate surface area is 119 Å².